The Morgan fingerprint density at radius 3 is 2.51 bits per heavy atom. The number of hydrogen-bond donors (Lipinski definition) is 0. The molecule has 6 fully saturated rings. The first-order valence-corrected chi connectivity index (χ1v) is 13.2. The molecule has 11 rings (SSSR count). The van der Waals surface area contributed by atoms with E-state index < -0.39 is 0 Å². The number of nitriles is 1. The highest BCUT2D eigenvalue weighted by atomic mass is 16.1. The summed E-state index contributed by atoms with van der Waals surface area (Å²) in [5, 5.41) is 9.55. The lowest BCUT2D eigenvalue weighted by molar-refractivity contribution is -0.131. The number of carbonyl (C=O) groups excluding carboxylic acids is 1. The molecule has 4 aliphatic carbocycles. The number of ketones is 1. The van der Waals surface area contributed by atoms with Gasteiger partial charge in [-0.1, -0.05) is 51.1 Å². The normalized spacial score (nSPS) is 43.7. The molecule has 3 saturated carbocycles. The molecular formula is C31H27N3O. The van der Waals surface area contributed by atoms with Crippen LogP contribution >= 0.6 is 0 Å². The molecule has 5 aliphatic heterocycles. The third-order valence-corrected chi connectivity index (χ3v) is 10.9. The first kappa shape index (κ1) is 19.2. The van der Waals surface area contributed by atoms with E-state index >= 15 is 0 Å². The van der Waals surface area contributed by atoms with Crippen LogP contribution < -0.4 is 0 Å². The molecule has 9 aliphatic rings. The molecule has 35 heavy (non-hydrogen) atoms. The van der Waals surface area contributed by atoms with Crippen LogP contribution in [0.3, 0.4) is 0 Å². The number of fused-ring (bicyclic) bond motifs is 1. The Kier molecular flexibility index (Phi) is 3.03. The number of aliphatic imine (C=N–C) groups is 1. The number of carbonyl (C=O) groups is 1. The molecule has 0 aromatic heterocycles. The molecule has 0 spiro atoms. The van der Waals surface area contributed by atoms with Gasteiger partial charge >= 0.3 is 0 Å². The number of hydrogen-bond acceptors (Lipinski definition) is 4. The van der Waals surface area contributed by atoms with E-state index in [1.54, 1.807) is 0 Å². The number of rotatable bonds is 6. The van der Waals surface area contributed by atoms with Crippen molar-refractivity contribution in [3.63, 3.8) is 0 Å². The number of nitrogens with zero attached hydrogens (tertiary/aromatic N) is 3. The Bertz CT molecular complexity index is 1490. The fourth-order valence-corrected chi connectivity index (χ4v) is 8.49. The van der Waals surface area contributed by atoms with Crippen LogP contribution in [-0.4, -0.2) is 34.0 Å². The number of Topliss-reactive ketones (excluding diaryl/α,β-unsaturated/α-hetero) is 1. The maximum Gasteiger partial charge on any atom is 0.158 e. The maximum atomic E-state index is 13.3. The van der Waals surface area contributed by atoms with E-state index in [0.29, 0.717) is 47.5 Å². The van der Waals surface area contributed by atoms with Crippen molar-refractivity contribution in [1.82, 2.24) is 4.90 Å². The quantitative estimate of drug-likeness (QED) is 0.573. The summed E-state index contributed by atoms with van der Waals surface area (Å²) in [6.45, 7) is 6.42. The van der Waals surface area contributed by atoms with E-state index in [0.717, 1.165) is 17.7 Å². The van der Waals surface area contributed by atoms with E-state index in [9.17, 15) is 10.1 Å². The van der Waals surface area contributed by atoms with Gasteiger partial charge in [0.15, 0.2) is 5.78 Å². The average molecular weight is 458 g/mol. The molecule has 0 radical (unpaired) electrons. The lowest BCUT2D eigenvalue weighted by Crippen LogP contribution is -2.62. The first-order chi connectivity index (χ1) is 17.0. The molecule has 4 heteroatoms. The van der Waals surface area contributed by atoms with Crippen LogP contribution in [0.25, 0.3) is 5.57 Å². The molecule has 2 aromatic carbocycles. The van der Waals surface area contributed by atoms with E-state index in [4.69, 9.17) is 4.99 Å². The summed E-state index contributed by atoms with van der Waals surface area (Å²) in [7, 11) is 0. The Labute approximate surface area is 205 Å². The SMILES string of the molecule is CC(C)[C@H](C)C(=O)C12C3C(C4=Nc5ccc(C#N)cc5C5C6C4C56c4ccc(C5=CC5)cc4)N1C32. The van der Waals surface area contributed by atoms with Gasteiger partial charge in [0, 0.05) is 40.8 Å². The van der Waals surface area contributed by atoms with E-state index in [2.05, 4.69) is 74.2 Å². The summed E-state index contributed by atoms with van der Waals surface area (Å²) in [4.78, 5) is 21.1. The largest absolute Gasteiger partial charge is 0.297 e. The van der Waals surface area contributed by atoms with Gasteiger partial charge in [-0.3, -0.25) is 14.7 Å². The van der Waals surface area contributed by atoms with Crippen LogP contribution in [0.15, 0.2) is 53.5 Å². The number of allylic oxidation sites excluding steroid dienone is 2. The Hall–Kier alpha value is -3.03. The number of benzene rings is 2. The van der Waals surface area contributed by atoms with Crippen LogP contribution in [0, 0.1) is 40.9 Å². The van der Waals surface area contributed by atoms with E-state index in [1.165, 1.54) is 28.0 Å². The minimum absolute atomic E-state index is 0.125. The van der Waals surface area contributed by atoms with E-state index in [1.807, 2.05) is 6.07 Å². The summed E-state index contributed by atoms with van der Waals surface area (Å²) < 4.78 is 0. The van der Waals surface area contributed by atoms with Gasteiger partial charge in [-0.2, -0.15) is 5.26 Å². The fraction of sp³-hybridized carbons (Fsp3) is 0.452. The predicted octanol–water partition coefficient (Wildman–Crippen LogP) is 5.01. The first-order valence-electron chi connectivity index (χ1n) is 13.2. The van der Waals surface area contributed by atoms with Gasteiger partial charge in [0.2, 0.25) is 0 Å². The second kappa shape index (κ2) is 5.52. The third kappa shape index (κ3) is 1.90. The monoisotopic (exact) mass is 457 g/mol. The van der Waals surface area contributed by atoms with E-state index in [-0.39, 0.29) is 16.9 Å². The summed E-state index contributed by atoms with van der Waals surface area (Å²) in [6.07, 6.45) is 3.40. The van der Waals surface area contributed by atoms with Crippen LogP contribution in [0.5, 0.6) is 0 Å². The van der Waals surface area contributed by atoms with Gasteiger partial charge < -0.3 is 0 Å². The summed E-state index contributed by atoms with van der Waals surface area (Å²) in [6, 6.07) is 18.5. The van der Waals surface area contributed by atoms with Crippen LogP contribution in [0.4, 0.5) is 5.69 Å². The Balaban J connectivity index is 1.10. The molecule has 10 atom stereocenters. The molecular weight excluding hydrogens is 430 g/mol. The molecule has 9 unspecified atom stereocenters. The standard InChI is InChI=1S/C31H27N3O/c1-14(2)15(3)29(35)31-25-27(34(31)28(25)31)26-24-23-22(20-12-16(13-32)4-11-21(20)33-26)30(23,24)19-9-7-18(8-10-19)17-5-6-17/h4-5,7-12,14-15,22-25,27-28H,6H2,1-3H3/t15-,22?,23?,24?,25?,27?,28?,30?,31?,34?/m0/s1. The molecule has 2 aromatic rings. The summed E-state index contributed by atoms with van der Waals surface area (Å²) >= 11 is 0. The van der Waals surface area contributed by atoms with Crippen molar-refractivity contribution in [3.8, 4) is 6.07 Å². The molecule has 3 saturated heterocycles. The van der Waals surface area contributed by atoms with Gasteiger partial charge in [0.05, 0.1) is 23.4 Å². The van der Waals surface area contributed by atoms with Crippen LogP contribution in [0.2, 0.25) is 0 Å². The van der Waals surface area contributed by atoms with Crippen molar-refractivity contribution in [1.29, 1.82) is 5.26 Å². The van der Waals surface area contributed by atoms with Crippen molar-refractivity contribution in [2.24, 2.45) is 34.6 Å². The van der Waals surface area contributed by atoms with Crippen molar-refractivity contribution in [2.75, 3.05) is 0 Å². The Morgan fingerprint density at radius 1 is 1.11 bits per heavy atom. The molecule has 172 valence electrons. The zero-order valence-electron chi connectivity index (χ0n) is 20.2. The molecule has 5 heterocycles. The van der Waals surface area contributed by atoms with Crippen LogP contribution in [-0.2, 0) is 10.2 Å². The zero-order valence-corrected chi connectivity index (χ0v) is 20.2. The van der Waals surface area contributed by atoms with Gasteiger partial charge in [-0.25, -0.2) is 0 Å². The average Bonchev–Trinajstić information content (AvgIpc) is 3.64. The zero-order chi connectivity index (χ0) is 23.6. The molecule has 0 N–H and O–H groups in total. The maximum absolute atomic E-state index is 13.3. The minimum Gasteiger partial charge on any atom is -0.297 e. The molecule has 0 amide bonds. The van der Waals surface area contributed by atoms with Crippen molar-refractivity contribution in [3.05, 3.63) is 70.8 Å². The highest BCUT2D eigenvalue weighted by Crippen LogP contribution is 2.92. The highest BCUT2D eigenvalue weighted by molar-refractivity contribution is 6.13. The van der Waals surface area contributed by atoms with Crippen LogP contribution in [0.1, 0.15) is 55.4 Å². The topological polar surface area (TPSA) is 56.2 Å². The van der Waals surface area contributed by atoms with Crippen molar-refractivity contribution in [2.45, 2.75) is 56.1 Å². The second-order valence-corrected chi connectivity index (χ2v) is 12.4. The third-order valence-electron chi connectivity index (χ3n) is 10.9. The lowest BCUT2D eigenvalue weighted by Gasteiger charge is -2.46. The molecule has 4 bridgehead atoms. The van der Waals surface area contributed by atoms with Crippen molar-refractivity contribution >= 4 is 22.8 Å². The highest BCUT2D eigenvalue weighted by Gasteiger charge is 3.04. The van der Waals surface area contributed by atoms with Gasteiger partial charge in [-0.15, -0.1) is 0 Å². The molecule has 4 nitrogen and oxygen atoms in total. The van der Waals surface area contributed by atoms with Gasteiger partial charge in [0.25, 0.3) is 0 Å². The fourth-order valence-electron chi connectivity index (χ4n) is 8.49. The summed E-state index contributed by atoms with van der Waals surface area (Å²) in [5.74, 6) is 2.97. The van der Waals surface area contributed by atoms with Gasteiger partial charge in [-0.05, 0) is 58.7 Å². The predicted molar refractivity (Wildman–Crippen MR) is 133 cm³/mol. The van der Waals surface area contributed by atoms with Crippen molar-refractivity contribution < 1.29 is 4.79 Å². The summed E-state index contributed by atoms with van der Waals surface area (Å²) in [5.41, 5.74) is 8.58. The van der Waals surface area contributed by atoms with Gasteiger partial charge in [0.1, 0.15) is 5.54 Å². The smallest absolute Gasteiger partial charge is 0.158 e. The Morgan fingerprint density at radius 2 is 1.86 bits per heavy atom. The minimum atomic E-state index is -0.137. The second-order valence-electron chi connectivity index (χ2n) is 12.4. The lowest BCUT2D eigenvalue weighted by atomic mass is 9.76.